The maximum absolute atomic E-state index is 12.8. The standard InChI is InChI=1S/C20H21N3O3S/c1-22(12-13-26-17-10-8-16(25-2)9-11-17)19(24)18-14-21-20(27)23(18)15-6-4-3-5-7-15/h3-11,14H,12-13H2,1-2H3,(H,21,27). The van der Waals surface area contributed by atoms with Crippen molar-refractivity contribution in [1.82, 2.24) is 14.5 Å². The second-order valence-corrected chi connectivity index (χ2v) is 6.29. The number of nitrogens with one attached hydrogen (secondary N) is 1. The Morgan fingerprint density at radius 1 is 1.11 bits per heavy atom. The third kappa shape index (κ3) is 4.38. The Kier molecular flexibility index (Phi) is 5.93. The Hall–Kier alpha value is -3.06. The lowest BCUT2D eigenvalue weighted by atomic mass is 10.3. The van der Waals surface area contributed by atoms with Gasteiger partial charge in [0.2, 0.25) is 0 Å². The fraction of sp³-hybridized carbons (Fsp3) is 0.200. The average Bonchev–Trinajstić information content (AvgIpc) is 3.09. The Balaban J connectivity index is 1.65. The molecule has 6 nitrogen and oxygen atoms in total. The highest BCUT2D eigenvalue weighted by atomic mass is 32.1. The molecule has 0 saturated heterocycles. The summed E-state index contributed by atoms with van der Waals surface area (Å²) in [7, 11) is 3.36. The van der Waals surface area contributed by atoms with Gasteiger partial charge in [0.05, 0.1) is 13.7 Å². The lowest BCUT2D eigenvalue weighted by molar-refractivity contribution is 0.0766. The Morgan fingerprint density at radius 2 is 1.78 bits per heavy atom. The second-order valence-electron chi connectivity index (χ2n) is 5.90. The van der Waals surface area contributed by atoms with Gasteiger partial charge in [0.25, 0.3) is 5.91 Å². The minimum absolute atomic E-state index is 0.135. The van der Waals surface area contributed by atoms with Crippen LogP contribution in [0.15, 0.2) is 60.8 Å². The summed E-state index contributed by atoms with van der Waals surface area (Å²) in [6.45, 7) is 0.822. The number of para-hydroxylation sites is 1. The van der Waals surface area contributed by atoms with Crippen molar-refractivity contribution in [3.63, 3.8) is 0 Å². The smallest absolute Gasteiger partial charge is 0.272 e. The summed E-state index contributed by atoms with van der Waals surface area (Å²) >= 11 is 5.33. The zero-order chi connectivity index (χ0) is 19.2. The first kappa shape index (κ1) is 18.7. The molecule has 0 atom stereocenters. The van der Waals surface area contributed by atoms with Gasteiger partial charge in [-0.05, 0) is 48.6 Å². The van der Waals surface area contributed by atoms with Gasteiger partial charge in [-0.15, -0.1) is 0 Å². The molecule has 0 fully saturated rings. The monoisotopic (exact) mass is 383 g/mol. The Bertz CT molecular complexity index is 949. The fourth-order valence-electron chi connectivity index (χ4n) is 2.63. The molecule has 0 aliphatic heterocycles. The van der Waals surface area contributed by atoms with E-state index in [0.717, 1.165) is 17.2 Å². The van der Waals surface area contributed by atoms with Crippen molar-refractivity contribution < 1.29 is 14.3 Å². The zero-order valence-corrected chi connectivity index (χ0v) is 16.0. The number of methoxy groups -OCH3 is 1. The van der Waals surface area contributed by atoms with Gasteiger partial charge in [0.15, 0.2) is 4.77 Å². The van der Waals surface area contributed by atoms with Crippen LogP contribution in [0.5, 0.6) is 11.5 Å². The third-order valence-electron chi connectivity index (χ3n) is 4.11. The van der Waals surface area contributed by atoms with E-state index in [9.17, 15) is 4.79 Å². The lowest BCUT2D eigenvalue weighted by Crippen LogP contribution is -2.32. The normalized spacial score (nSPS) is 10.4. The van der Waals surface area contributed by atoms with Crippen molar-refractivity contribution in [3.8, 4) is 17.2 Å². The number of carbonyl (C=O) groups excluding carboxylic acids is 1. The number of rotatable bonds is 7. The maximum Gasteiger partial charge on any atom is 0.272 e. The number of ether oxygens (including phenoxy) is 2. The van der Waals surface area contributed by atoms with E-state index in [4.69, 9.17) is 21.7 Å². The van der Waals surface area contributed by atoms with E-state index in [0.29, 0.717) is 23.6 Å². The number of likely N-dealkylation sites (N-methyl/N-ethyl adjacent to an activating group) is 1. The molecule has 0 aliphatic carbocycles. The molecule has 3 rings (SSSR count). The number of imidazole rings is 1. The van der Waals surface area contributed by atoms with Gasteiger partial charge < -0.3 is 19.4 Å². The molecule has 0 bridgehead atoms. The van der Waals surface area contributed by atoms with Gasteiger partial charge in [-0.25, -0.2) is 0 Å². The van der Waals surface area contributed by atoms with Gasteiger partial charge in [-0.3, -0.25) is 9.36 Å². The van der Waals surface area contributed by atoms with E-state index in [2.05, 4.69) is 4.98 Å². The first-order valence-corrected chi connectivity index (χ1v) is 8.89. The third-order valence-corrected chi connectivity index (χ3v) is 4.41. The largest absolute Gasteiger partial charge is 0.497 e. The molecule has 0 spiro atoms. The van der Waals surface area contributed by atoms with Crippen LogP contribution in [0, 0.1) is 4.77 Å². The highest BCUT2D eigenvalue weighted by Gasteiger charge is 2.18. The summed E-state index contributed by atoms with van der Waals surface area (Å²) in [5.41, 5.74) is 1.33. The SMILES string of the molecule is COc1ccc(OCCN(C)C(=O)c2c[nH]c(=S)n2-c2ccccc2)cc1. The van der Waals surface area contributed by atoms with Crippen LogP contribution in [0.25, 0.3) is 5.69 Å². The topological polar surface area (TPSA) is 59.5 Å². The van der Waals surface area contributed by atoms with E-state index in [-0.39, 0.29) is 5.91 Å². The maximum atomic E-state index is 12.8. The van der Waals surface area contributed by atoms with Crippen molar-refractivity contribution in [2.75, 3.05) is 27.3 Å². The second kappa shape index (κ2) is 8.55. The predicted molar refractivity (Wildman–Crippen MR) is 106 cm³/mol. The van der Waals surface area contributed by atoms with Gasteiger partial charge in [0, 0.05) is 18.9 Å². The van der Waals surface area contributed by atoms with Gasteiger partial charge in [-0.1, -0.05) is 18.2 Å². The van der Waals surface area contributed by atoms with Crippen LogP contribution in [0.4, 0.5) is 0 Å². The van der Waals surface area contributed by atoms with Crippen LogP contribution in [0.2, 0.25) is 0 Å². The van der Waals surface area contributed by atoms with E-state index in [1.165, 1.54) is 0 Å². The summed E-state index contributed by atoms with van der Waals surface area (Å²) < 4.78 is 13.0. The van der Waals surface area contributed by atoms with Crippen LogP contribution in [-0.4, -0.2) is 47.7 Å². The van der Waals surface area contributed by atoms with Gasteiger partial charge >= 0.3 is 0 Å². The number of hydrogen-bond donors (Lipinski definition) is 1. The van der Waals surface area contributed by atoms with E-state index in [1.54, 1.807) is 29.8 Å². The molecule has 1 N–H and O–H groups in total. The van der Waals surface area contributed by atoms with Crippen LogP contribution in [0.3, 0.4) is 0 Å². The quantitative estimate of drug-likeness (QED) is 0.632. The summed E-state index contributed by atoms with van der Waals surface area (Å²) in [6.07, 6.45) is 1.64. The summed E-state index contributed by atoms with van der Waals surface area (Å²) in [4.78, 5) is 17.4. The first-order valence-electron chi connectivity index (χ1n) is 8.48. The fourth-order valence-corrected chi connectivity index (χ4v) is 2.89. The Labute approximate surface area is 163 Å². The van der Waals surface area contributed by atoms with Crippen LogP contribution >= 0.6 is 12.2 Å². The molecule has 2 aromatic carbocycles. The zero-order valence-electron chi connectivity index (χ0n) is 15.2. The molecule has 140 valence electrons. The van der Waals surface area contributed by atoms with Crippen LogP contribution < -0.4 is 9.47 Å². The van der Waals surface area contributed by atoms with E-state index in [1.807, 2.05) is 54.6 Å². The number of amides is 1. The average molecular weight is 383 g/mol. The van der Waals surface area contributed by atoms with Gasteiger partial charge in [0.1, 0.15) is 23.8 Å². The molecule has 27 heavy (non-hydrogen) atoms. The van der Waals surface area contributed by atoms with Crippen molar-refractivity contribution in [3.05, 3.63) is 71.3 Å². The highest BCUT2D eigenvalue weighted by Crippen LogP contribution is 2.17. The molecule has 0 unspecified atom stereocenters. The summed E-state index contributed by atoms with van der Waals surface area (Å²) in [6, 6.07) is 16.9. The highest BCUT2D eigenvalue weighted by molar-refractivity contribution is 7.71. The number of carbonyl (C=O) groups is 1. The minimum atomic E-state index is -0.135. The van der Waals surface area contributed by atoms with E-state index < -0.39 is 0 Å². The molecule has 3 aromatic rings. The number of nitrogens with zero attached hydrogens (tertiary/aromatic N) is 2. The molecule has 1 amide bonds. The minimum Gasteiger partial charge on any atom is -0.497 e. The molecule has 0 saturated carbocycles. The molecule has 0 radical (unpaired) electrons. The molecule has 1 heterocycles. The van der Waals surface area contributed by atoms with Gasteiger partial charge in [-0.2, -0.15) is 0 Å². The summed E-state index contributed by atoms with van der Waals surface area (Å²) in [5, 5.41) is 0. The number of H-pyrrole nitrogens is 1. The molecule has 0 aliphatic rings. The van der Waals surface area contributed by atoms with Crippen molar-refractivity contribution in [1.29, 1.82) is 0 Å². The molecular formula is C20H21N3O3S. The van der Waals surface area contributed by atoms with Crippen LogP contribution in [0.1, 0.15) is 10.5 Å². The number of benzene rings is 2. The molecular weight excluding hydrogens is 362 g/mol. The van der Waals surface area contributed by atoms with Crippen molar-refractivity contribution in [2.24, 2.45) is 0 Å². The van der Waals surface area contributed by atoms with E-state index >= 15 is 0 Å². The number of aromatic nitrogens is 2. The Morgan fingerprint density at radius 3 is 2.44 bits per heavy atom. The number of aromatic amines is 1. The van der Waals surface area contributed by atoms with Crippen molar-refractivity contribution >= 4 is 18.1 Å². The first-order chi connectivity index (χ1) is 13.1. The molecule has 1 aromatic heterocycles. The van der Waals surface area contributed by atoms with Crippen molar-refractivity contribution in [2.45, 2.75) is 0 Å². The lowest BCUT2D eigenvalue weighted by Gasteiger charge is -2.18. The predicted octanol–water partition coefficient (Wildman–Crippen LogP) is 3.69. The summed E-state index contributed by atoms with van der Waals surface area (Å²) in [5.74, 6) is 1.36. The number of hydrogen-bond acceptors (Lipinski definition) is 4. The van der Waals surface area contributed by atoms with Crippen LogP contribution in [-0.2, 0) is 0 Å². The molecule has 7 heteroatoms.